The number of amides is 1. The summed E-state index contributed by atoms with van der Waals surface area (Å²) in [6.07, 6.45) is 1.53. The predicted octanol–water partition coefficient (Wildman–Crippen LogP) is 3.39. The molecule has 24 heavy (non-hydrogen) atoms. The number of hydrogen-bond donors (Lipinski definition) is 2. The highest BCUT2D eigenvalue weighted by Gasteiger charge is 2.12. The standard InChI is InChI=1S/C19H14N4O/c20-17(24)15-10-11-21-19-16(15)22-18(23-19)14-8-6-13(7-9-14)12-4-2-1-3-5-12/h1-11H,(H2,20,24)(H,21,22,23). The molecule has 1 amide bonds. The molecule has 2 heterocycles. The van der Waals surface area contributed by atoms with E-state index in [0.29, 0.717) is 22.6 Å². The minimum Gasteiger partial charge on any atom is -0.366 e. The van der Waals surface area contributed by atoms with E-state index in [9.17, 15) is 4.79 Å². The third-order valence-corrected chi connectivity index (χ3v) is 3.92. The van der Waals surface area contributed by atoms with Crippen molar-refractivity contribution >= 4 is 17.1 Å². The molecule has 0 saturated carbocycles. The van der Waals surface area contributed by atoms with Gasteiger partial charge in [-0.1, -0.05) is 54.6 Å². The molecule has 0 fully saturated rings. The first-order valence-electron chi connectivity index (χ1n) is 7.53. The molecular formula is C19H14N4O. The average Bonchev–Trinajstić information content (AvgIpc) is 3.06. The maximum atomic E-state index is 11.5. The van der Waals surface area contributed by atoms with Crippen LogP contribution in [0.2, 0.25) is 0 Å². The molecule has 5 nitrogen and oxygen atoms in total. The molecule has 2 aromatic carbocycles. The van der Waals surface area contributed by atoms with E-state index in [4.69, 9.17) is 5.73 Å². The van der Waals surface area contributed by atoms with Gasteiger partial charge < -0.3 is 10.7 Å². The molecule has 0 spiro atoms. The zero-order valence-corrected chi connectivity index (χ0v) is 12.7. The summed E-state index contributed by atoms with van der Waals surface area (Å²) >= 11 is 0. The fourth-order valence-corrected chi connectivity index (χ4v) is 2.70. The zero-order valence-electron chi connectivity index (χ0n) is 12.7. The number of benzene rings is 2. The maximum absolute atomic E-state index is 11.5. The van der Waals surface area contributed by atoms with Crippen molar-refractivity contribution in [2.24, 2.45) is 5.73 Å². The smallest absolute Gasteiger partial charge is 0.251 e. The van der Waals surface area contributed by atoms with Gasteiger partial charge in [0.25, 0.3) is 5.91 Å². The normalized spacial score (nSPS) is 10.8. The number of nitrogens with zero attached hydrogens (tertiary/aromatic N) is 2. The van der Waals surface area contributed by atoms with Crippen LogP contribution in [0.4, 0.5) is 0 Å². The Morgan fingerprint density at radius 3 is 2.25 bits per heavy atom. The number of imidazole rings is 1. The Labute approximate surface area is 138 Å². The quantitative estimate of drug-likeness (QED) is 0.608. The highest BCUT2D eigenvalue weighted by atomic mass is 16.1. The van der Waals surface area contributed by atoms with Crippen molar-refractivity contribution in [1.82, 2.24) is 15.0 Å². The van der Waals surface area contributed by atoms with E-state index >= 15 is 0 Å². The van der Waals surface area contributed by atoms with Gasteiger partial charge in [-0.25, -0.2) is 9.97 Å². The number of pyridine rings is 1. The molecule has 4 rings (SSSR count). The summed E-state index contributed by atoms with van der Waals surface area (Å²) in [4.78, 5) is 23.3. The number of nitrogens with one attached hydrogen (secondary N) is 1. The van der Waals surface area contributed by atoms with Crippen molar-refractivity contribution in [3.05, 3.63) is 72.4 Å². The minimum atomic E-state index is -0.503. The van der Waals surface area contributed by atoms with Crippen molar-refractivity contribution in [2.45, 2.75) is 0 Å². The highest BCUT2D eigenvalue weighted by molar-refractivity contribution is 6.03. The molecule has 4 aromatic rings. The van der Waals surface area contributed by atoms with Crippen molar-refractivity contribution in [3.8, 4) is 22.5 Å². The fourth-order valence-electron chi connectivity index (χ4n) is 2.70. The first-order valence-corrected chi connectivity index (χ1v) is 7.53. The van der Waals surface area contributed by atoms with Crippen LogP contribution >= 0.6 is 0 Å². The third-order valence-electron chi connectivity index (χ3n) is 3.92. The number of nitrogens with two attached hydrogens (primary N) is 1. The number of fused-ring (bicyclic) bond motifs is 1. The van der Waals surface area contributed by atoms with Gasteiger partial charge in [0.1, 0.15) is 5.82 Å². The number of aromatic nitrogens is 3. The van der Waals surface area contributed by atoms with E-state index in [1.165, 1.54) is 6.20 Å². The number of H-pyrrole nitrogens is 1. The number of hydrogen-bond acceptors (Lipinski definition) is 3. The Bertz CT molecular complexity index is 1020. The molecule has 0 unspecified atom stereocenters. The van der Waals surface area contributed by atoms with Crippen molar-refractivity contribution in [3.63, 3.8) is 0 Å². The lowest BCUT2D eigenvalue weighted by atomic mass is 10.0. The highest BCUT2D eigenvalue weighted by Crippen LogP contribution is 2.25. The Morgan fingerprint density at radius 2 is 1.54 bits per heavy atom. The summed E-state index contributed by atoms with van der Waals surface area (Å²) in [6, 6.07) is 19.8. The first kappa shape index (κ1) is 14.1. The molecule has 0 aliphatic heterocycles. The van der Waals surface area contributed by atoms with Gasteiger partial charge in [0.2, 0.25) is 0 Å². The van der Waals surface area contributed by atoms with E-state index in [0.717, 1.165) is 16.7 Å². The van der Waals surface area contributed by atoms with E-state index in [-0.39, 0.29) is 0 Å². The Morgan fingerprint density at radius 1 is 0.875 bits per heavy atom. The van der Waals surface area contributed by atoms with Gasteiger partial charge in [-0.2, -0.15) is 0 Å². The van der Waals surface area contributed by atoms with Gasteiger partial charge in [-0.05, 0) is 17.2 Å². The zero-order chi connectivity index (χ0) is 16.5. The minimum absolute atomic E-state index is 0.389. The Balaban J connectivity index is 1.75. The molecule has 3 N–H and O–H groups in total. The van der Waals surface area contributed by atoms with Crippen molar-refractivity contribution in [2.75, 3.05) is 0 Å². The van der Waals surface area contributed by atoms with Crippen LogP contribution in [0.5, 0.6) is 0 Å². The largest absolute Gasteiger partial charge is 0.366 e. The van der Waals surface area contributed by atoms with Crippen LogP contribution in [-0.4, -0.2) is 20.9 Å². The third kappa shape index (κ3) is 2.42. The molecule has 0 aliphatic carbocycles. The van der Waals surface area contributed by atoms with Crippen molar-refractivity contribution < 1.29 is 4.79 Å². The van der Waals surface area contributed by atoms with Gasteiger partial charge in [0.15, 0.2) is 5.65 Å². The Hall–Kier alpha value is -3.47. The van der Waals surface area contributed by atoms with E-state index in [2.05, 4.69) is 27.1 Å². The van der Waals surface area contributed by atoms with Gasteiger partial charge >= 0.3 is 0 Å². The molecule has 5 heteroatoms. The molecule has 116 valence electrons. The lowest BCUT2D eigenvalue weighted by Crippen LogP contribution is -2.11. The summed E-state index contributed by atoms with van der Waals surface area (Å²) in [6.45, 7) is 0. The molecule has 0 saturated heterocycles. The van der Waals surface area contributed by atoms with Gasteiger partial charge in [-0.3, -0.25) is 4.79 Å². The monoisotopic (exact) mass is 314 g/mol. The van der Waals surface area contributed by atoms with Crippen LogP contribution in [0.25, 0.3) is 33.7 Å². The van der Waals surface area contributed by atoms with E-state index in [1.54, 1.807) is 6.07 Å². The van der Waals surface area contributed by atoms with Crippen LogP contribution in [0.3, 0.4) is 0 Å². The molecule has 0 aliphatic rings. The second kappa shape index (κ2) is 5.62. The molecule has 2 aromatic heterocycles. The number of aromatic amines is 1. The fraction of sp³-hybridized carbons (Fsp3) is 0. The molecular weight excluding hydrogens is 300 g/mol. The lowest BCUT2D eigenvalue weighted by Gasteiger charge is -2.02. The molecule has 0 radical (unpaired) electrons. The number of rotatable bonds is 3. The van der Waals surface area contributed by atoms with E-state index in [1.807, 2.05) is 42.5 Å². The Kier molecular flexibility index (Phi) is 3.31. The summed E-state index contributed by atoms with van der Waals surface area (Å²) in [5.41, 5.74) is 10.0. The maximum Gasteiger partial charge on any atom is 0.251 e. The van der Waals surface area contributed by atoms with Crippen LogP contribution < -0.4 is 5.73 Å². The molecule has 0 atom stereocenters. The van der Waals surface area contributed by atoms with Crippen LogP contribution in [0.15, 0.2) is 66.9 Å². The van der Waals surface area contributed by atoms with Crippen LogP contribution in [-0.2, 0) is 0 Å². The number of primary amides is 1. The second-order valence-corrected chi connectivity index (χ2v) is 5.45. The van der Waals surface area contributed by atoms with Gasteiger partial charge in [0, 0.05) is 11.8 Å². The topological polar surface area (TPSA) is 84.7 Å². The SMILES string of the molecule is NC(=O)c1ccnc2nc(-c3ccc(-c4ccccc4)cc3)[nH]c12. The van der Waals surface area contributed by atoms with Crippen LogP contribution in [0, 0.1) is 0 Å². The predicted molar refractivity (Wildman–Crippen MR) is 93.3 cm³/mol. The number of carbonyl (C=O) groups is 1. The summed E-state index contributed by atoms with van der Waals surface area (Å²) < 4.78 is 0. The van der Waals surface area contributed by atoms with Gasteiger partial charge in [-0.15, -0.1) is 0 Å². The summed E-state index contributed by atoms with van der Waals surface area (Å²) in [7, 11) is 0. The first-order chi connectivity index (χ1) is 11.7. The summed E-state index contributed by atoms with van der Waals surface area (Å²) in [5, 5.41) is 0. The van der Waals surface area contributed by atoms with Crippen molar-refractivity contribution in [1.29, 1.82) is 0 Å². The molecule has 0 bridgehead atoms. The van der Waals surface area contributed by atoms with Gasteiger partial charge in [0.05, 0.1) is 11.1 Å². The van der Waals surface area contributed by atoms with Crippen LogP contribution in [0.1, 0.15) is 10.4 Å². The lowest BCUT2D eigenvalue weighted by molar-refractivity contribution is 0.100. The summed E-state index contributed by atoms with van der Waals surface area (Å²) in [5.74, 6) is 0.155. The number of carbonyl (C=O) groups excluding carboxylic acids is 1. The van der Waals surface area contributed by atoms with E-state index < -0.39 is 5.91 Å². The average molecular weight is 314 g/mol. The second-order valence-electron chi connectivity index (χ2n) is 5.45.